The maximum atomic E-state index is 11.8. The van der Waals surface area contributed by atoms with E-state index in [0.717, 1.165) is 67.9 Å². The number of nitrogens with zero attached hydrogens (tertiary/aromatic N) is 4. The van der Waals surface area contributed by atoms with Crippen LogP contribution in [0.5, 0.6) is 0 Å². The van der Waals surface area contributed by atoms with Gasteiger partial charge < -0.3 is 9.84 Å². The highest BCUT2D eigenvalue weighted by atomic mass is 32.1. The maximum absolute atomic E-state index is 11.8. The number of carbonyl (C=O) groups is 1. The number of fused-ring (bicyclic) bond motifs is 3. The van der Waals surface area contributed by atoms with E-state index in [9.17, 15) is 9.90 Å². The Bertz CT molecular complexity index is 1290. The summed E-state index contributed by atoms with van der Waals surface area (Å²) in [5.74, 6) is -0.296. The minimum Gasteiger partial charge on any atom is -0.469 e. The van der Waals surface area contributed by atoms with Crippen LogP contribution < -0.4 is 0 Å². The molecular weight excluding hydrogens is 424 g/mol. The molecule has 0 unspecified atom stereocenters. The van der Waals surface area contributed by atoms with Gasteiger partial charge in [0.25, 0.3) is 0 Å². The Balaban J connectivity index is 1.69. The first-order valence-corrected chi connectivity index (χ1v) is 11.2. The molecule has 1 aliphatic carbocycles. The van der Waals surface area contributed by atoms with Crippen molar-refractivity contribution >= 4 is 17.3 Å². The Labute approximate surface area is 189 Å². The summed E-state index contributed by atoms with van der Waals surface area (Å²) in [5.41, 5.74) is 7.74. The number of thiazole rings is 1. The summed E-state index contributed by atoms with van der Waals surface area (Å²) in [6, 6.07) is 11.8. The molecule has 0 atom stereocenters. The van der Waals surface area contributed by atoms with E-state index < -0.39 is 0 Å². The normalized spacial score (nSPS) is 12.3. The first-order chi connectivity index (χ1) is 15.6. The second-order valence-corrected chi connectivity index (χ2v) is 8.82. The predicted octanol–water partition coefficient (Wildman–Crippen LogP) is 3.67. The number of benzene rings is 1. The first kappa shape index (κ1) is 20.5. The van der Waals surface area contributed by atoms with E-state index in [2.05, 4.69) is 11.1 Å². The minimum atomic E-state index is -0.296. The number of rotatable bonds is 5. The van der Waals surface area contributed by atoms with Crippen LogP contribution in [0.1, 0.15) is 27.5 Å². The number of aliphatic hydroxyl groups excluding tert-OH is 1. The monoisotopic (exact) mass is 446 g/mol. The molecule has 1 N–H and O–H groups in total. The van der Waals surface area contributed by atoms with Crippen LogP contribution in [0, 0.1) is 6.92 Å². The van der Waals surface area contributed by atoms with E-state index >= 15 is 0 Å². The van der Waals surface area contributed by atoms with Crippen LogP contribution in [0.15, 0.2) is 42.6 Å². The zero-order valence-corrected chi connectivity index (χ0v) is 18.6. The highest BCUT2D eigenvalue weighted by Gasteiger charge is 2.30. The second-order valence-electron chi connectivity index (χ2n) is 7.74. The average Bonchev–Trinajstić information content (AvgIpc) is 3.40. The van der Waals surface area contributed by atoms with Crippen molar-refractivity contribution in [2.75, 3.05) is 7.11 Å². The van der Waals surface area contributed by atoms with Gasteiger partial charge in [-0.05, 0) is 49.6 Å². The van der Waals surface area contributed by atoms with E-state index in [-0.39, 0.29) is 19.0 Å². The van der Waals surface area contributed by atoms with Crippen molar-refractivity contribution in [2.45, 2.75) is 32.8 Å². The molecule has 1 aromatic carbocycles. The Morgan fingerprint density at radius 3 is 2.69 bits per heavy atom. The van der Waals surface area contributed by atoms with Crippen LogP contribution >= 0.6 is 11.3 Å². The standard InChI is InChI=1S/C24H22N4O3S/c1-14-3-6-16(12-25-14)22-18-9-10-19-24(32-20(26-19)11-21(30)31-2)23(18)28(27-22)17-7-4-15(13-29)5-8-17/h3-8,12,29H,9-11,13H2,1-2H3. The molecule has 4 aromatic rings. The van der Waals surface area contributed by atoms with Gasteiger partial charge in [-0.2, -0.15) is 5.10 Å². The number of methoxy groups -OCH3 is 1. The molecule has 0 aliphatic heterocycles. The Hall–Kier alpha value is -3.36. The van der Waals surface area contributed by atoms with Gasteiger partial charge in [-0.15, -0.1) is 11.3 Å². The van der Waals surface area contributed by atoms with E-state index in [0.29, 0.717) is 0 Å². The molecule has 7 nitrogen and oxygen atoms in total. The fourth-order valence-electron chi connectivity index (χ4n) is 3.96. The number of hydrogen-bond acceptors (Lipinski definition) is 7. The van der Waals surface area contributed by atoms with Gasteiger partial charge in [0.05, 0.1) is 47.8 Å². The summed E-state index contributed by atoms with van der Waals surface area (Å²) in [6.07, 6.45) is 3.63. The molecule has 32 heavy (non-hydrogen) atoms. The van der Waals surface area contributed by atoms with Crippen molar-refractivity contribution < 1.29 is 14.6 Å². The zero-order chi connectivity index (χ0) is 22.2. The summed E-state index contributed by atoms with van der Waals surface area (Å²) in [4.78, 5) is 22.0. The number of ether oxygens (including phenoxy) is 1. The summed E-state index contributed by atoms with van der Waals surface area (Å²) in [7, 11) is 1.39. The van der Waals surface area contributed by atoms with Crippen LogP contribution in [-0.4, -0.2) is 37.9 Å². The van der Waals surface area contributed by atoms with Gasteiger partial charge in [0.15, 0.2) is 0 Å². The quantitative estimate of drug-likeness (QED) is 0.471. The lowest BCUT2D eigenvalue weighted by Gasteiger charge is -2.14. The molecule has 0 saturated carbocycles. The summed E-state index contributed by atoms with van der Waals surface area (Å²) in [6.45, 7) is 1.96. The molecule has 0 bridgehead atoms. The van der Waals surface area contributed by atoms with Crippen molar-refractivity contribution in [2.24, 2.45) is 0 Å². The number of aliphatic hydroxyl groups is 1. The van der Waals surface area contributed by atoms with E-state index in [4.69, 9.17) is 14.8 Å². The number of carbonyl (C=O) groups excluding carboxylic acids is 1. The first-order valence-electron chi connectivity index (χ1n) is 10.4. The minimum absolute atomic E-state index is 0.00629. The third kappa shape index (κ3) is 3.61. The third-order valence-electron chi connectivity index (χ3n) is 5.62. The number of aryl methyl sites for hydroxylation is 2. The van der Waals surface area contributed by atoms with E-state index in [1.165, 1.54) is 18.4 Å². The van der Waals surface area contributed by atoms with Gasteiger partial charge in [-0.25, -0.2) is 9.67 Å². The Kier molecular flexibility index (Phi) is 5.32. The van der Waals surface area contributed by atoms with Gasteiger partial charge in [-0.1, -0.05) is 12.1 Å². The molecule has 1 aliphatic rings. The van der Waals surface area contributed by atoms with Gasteiger partial charge in [0.1, 0.15) is 5.01 Å². The van der Waals surface area contributed by atoms with Crippen LogP contribution in [0.4, 0.5) is 0 Å². The van der Waals surface area contributed by atoms with Crippen LogP contribution in [0.2, 0.25) is 0 Å². The molecule has 0 fully saturated rings. The SMILES string of the molecule is COC(=O)Cc1nc2c(s1)-c1c(c(-c3ccc(C)nc3)nn1-c1ccc(CO)cc1)CC2. The molecule has 0 amide bonds. The highest BCUT2D eigenvalue weighted by Crippen LogP contribution is 2.43. The van der Waals surface area contributed by atoms with E-state index in [1.54, 1.807) is 0 Å². The maximum Gasteiger partial charge on any atom is 0.312 e. The van der Waals surface area contributed by atoms with Crippen molar-refractivity contribution in [3.63, 3.8) is 0 Å². The van der Waals surface area contributed by atoms with Crippen molar-refractivity contribution in [1.82, 2.24) is 19.7 Å². The largest absolute Gasteiger partial charge is 0.469 e. The van der Waals surface area contributed by atoms with Crippen LogP contribution in [-0.2, 0) is 35.4 Å². The Morgan fingerprint density at radius 2 is 2.00 bits per heavy atom. The molecule has 3 aromatic heterocycles. The number of esters is 1. The van der Waals surface area contributed by atoms with Gasteiger partial charge in [0, 0.05) is 23.0 Å². The predicted molar refractivity (Wildman–Crippen MR) is 122 cm³/mol. The van der Waals surface area contributed by atoms with Gasteiger partial charge >= 0.3 is 5.97 Å². The fraction of sp³-hybridized carbons (Fsp3) is 0.250. The van der Waals surface area contributed by atoms with Crippen molar-refractivity contribution in [3.8, 4) is 27.5 Å². The molecule has 162 valence electrons. The molecular formula is C24H22N4O3S. The van der Waals surface area contributed by atoms with Crippen LogP contribution in [0.3, 0.4) is 0 Å². The molecule has 0 spiro atoms. The van der Waals surface area contributed by atoms with E-state index in [1.807, 2.05) is 48.1 Å². The lowest BCUT2D eigenvalue weighted by Crippen LogP contribution is -2.06. The smallest absolute Gasteiger partial charge is 0.312 e. The summed E-state index contributed by atoms with van der Waals surface area (Å²) < 4.78 is 6.77. The zero-order valence-electron chi connectivity index (χ0n) is 17.8. The molecule has 8 heteroatoms. The second kappa shape index (κ2) is 8.29. The van der Waals surface area contributed by atoms with Crippen LogP contribution in [0.25, 0.3) is 27.5 Å². The average molecular weight is 447 g/mol. The van der Waals surface area contributed by atoms with Gasteiger partial charge in [0.2, 0.25) is 0 Å². The molecule has 0 radical (unpaired) electrons. The number of aromatic nitrogens is 4. The van der Waals surface area contributed by atoms with Gasteiger partial charge in [-0.3, -0.25) is 9.78 Å². The van der Waals surface area contributed by atoms with Crippen molar-refractivity contribution in [1.29, 1.82) is 0 Å². The Morgan fingerprint density at radius 1 is 1.19 bits per heavy atom. The molecule has 5 rings (SSSR count). The number of pyridine rings is 1. The summed E-state index contributed by atoms with van der Waals surface area (Å²) >= 11 is 1.52. The summed E-state index contributed by atoms with van der Waals surface area (Å²) in [5, 5.41) is 15.2. The van der Waals surface area contributed by atoms with Crippen molar-refractivity contribution in [3.05, 3.63) is 70.1 Å². The highest BCUT2D eigenvalue weighted by molar-refractivity contribution is 7.15. The molecule has 3 heterocycles. The lowest BCUT2D eigenvalue weighted by atomic mass is 9.95. The third-order valence-corrected chi connectivity index (χ3v) is 6.73. The molecule has 0 saturated heterocycles. The fourth-order valence-corrected chi connectivity index (χ4v) is 5.11. The topological polar surface area (TPSA) is 90.1 Å². The lowest BCUT2D eigenvalue weighted by molar-refractivity contribution is -0.139. The number of hydrogen-bond donors (Lipinski definition) is 1.